The molecule has 0 radical (unpaired) electrons. The molecule has 0 aromatic carbocycles. The molecule has 1 aliphatic rings. The summed E-state index contributed by atoms with van der Waals surface area (Å²) in [6.45, 7) is 1.92. The van der Waals surface area contributed by atoms with Crippen molar-refractivity contribution < 1.29 is 4.74 Å². The number of nitrogen functional groups attached to an aromatic ring is 1. The zero-order valence-corrected chi connectivity index (χ0v) is 8.58. The third-order valence-electron chi connectivity index (χ3n) is 2.83. The smallest absolute Gasteiger partial charge is 0.162 e. The van der Waals surface area contributed by atoms with Crippen molar-refractivity contribution in [1.29, 1.82) is 0 Å². The van der Waals surface area contributed by atoms with Gasteiger partial charge < -0.3 is 10.5 Å². The van der Waals surface area contributed by atoms with Crippen LogP contribution in [0.5, 0.6) is 0 Å². The standard InChI is InChI=1S/C10H15N3O/c1-7-6-8(11)13-9(12-7)10(14-2)4-3-5-10/h6H,3-5H2,1-2H3,(H2,11,12,13). The maximum atomic E-state index is 5.68. The van der Waals surface area contributed by atoms with Gasteiger partial charge in [-0.25, -0.2) is 9.97 Å². The minimum atomic E-state index is -0.264. The van der Waals surface area contributed by atoms with Crippen molar-refractivity contribution in [2.45, 2.75) is 31.8 Å². The fourth-order valence-corrected chi connectivity index (χ4v) is 1.81. The Balaban J connectivity index is 2.39. The summed E-state index contributed by atoms with van der Waals surface area (Å²) in [5.74, 6) is 1.26. The lowest BCUT2D eigenvalue weighted by molar-refractivity contribution is -0.0846. The average molecular weight is 193 g/mol. The van der Waals surface area contributed by atoms with E-state index in [4.69, 9.17) is 10.5 Å². The third-order valence-corrected chi connectivity index (χ3v) is 2.83. The van der Waals surface area contributed by atoms with Crippen LogP contribution in [0.4, 0.5) is 5.82 Å². The molecule has 0 spiro atoms. The monoisotopic (exact) mass is 193 g/mol. The molecule has 4 nitrogen and oxygen atoms in total. The van der Waals surface area contributed by atoms with Gasteiger partial charge in [0.1, 0.15) is 11.4 Å². The van der Waals surface area contributed by atoms with Gasteiger partial charge in [-0.15, -0.1) is 0 Å². The van der Waals surface area contributed by atoms with Crippen molar-refractivity contribution in [3.63, 3.8) is 0 Å². The SMILES string of the molecule is COC1(c2nc(C)cc(N)n2)CCC1. The van der Waals surface area contributed by atoms with E-state index in [1.807, 2.05) is 6.92 Å². The van der Waals surface area contributed by atoms with Gasteiger partial charge in [-0.1, -0.05) is 0 Å². The molecule has 1 saturated carbocycles. The van der Waals surface area contributed by atoms with Crippen LogP contribution in [0, 0.1) is 6.92 Å². The van der Waals surface area contributed by atoms with E-state index in [1.165, 1.54) is 6.42 Å². The van der Waals surface area contributed by atoms with Gasteiger partial charge in [0.15, 0.2) is 5.82 Å². The highest BCUT2D eigenvalue weighted by Crippen LogP contribution is 2.42. The second kappa shape index (κ2) is 3.20. The lowest BCUT2D eigenvalue weighted by Crippen LogP contribution is -2.38. The molecule has 1 heterocycles. The van der Waals surface area contributed by atoms with E-state index >= 15 is 0 Å². The molecule has 2 N–H and O–H groups in total. The maximum absolute atomic E-state index is 5.68. The zero-order valence-electron chi connectivity index (χ0n) is 8.58. The summed E-state index contributed by atoms with van der Waals surface area (Å²) in [6.07, 6.45) is 3.16. The van der Waals surface area contributed by atoms with Gasteiger partial charge in [-0.3, -0.25) is 0 Å². The number of ether oxygens (including phenoxy) is 1. The number of methoxy groups -OCH3 is 1. The minimum Gasteiger partial charge on any atom is -0.384 e. The van der Waals surface area contributed by atoms with Crippen molar-refractivity contribution in [1.82, 2.24) is 9.97 Å². The number of anilines is 1. The fraction of sp³-hybridized carbons (Fsp3) is 0.600. The summed E-state index contributed by atoms with van der Waals surface area (Å²) < 4.78 is 5.49. The normalized spacial score (nSPS) is 19.0. The highest BCUT2D eigenvalue weighted by atomic mass is 16.5. The highest BCUT2D eigenvalue weighted by Gasteiger charge is 2.41. The van der Waals surface area contributed by atoms with Crippen LogP contribution in [0.25, 0.3) is 0 Å². The number of rotatable bonds is 2. The molecule has 1 aromatic rings. The van der Waals surface area contributed by atoms with Gasteiger partial charge in [-0.05, 0) is 26.2 Å². The van der Waals surface area contributed by atoms with Crippen molar-refractivity contribution in [3.8, 4) is 0 Å². The minimum absolute atomic E-state index is 0.264. The van der Waals surface area contributed by atoms with Crippen molar-refractivity contribution >= 4 is 5.82 Å². The second-order valence-electron chi connectivity index (χ2n) is 3.81. The first-order chi connectivity index (χ1) is 6.66. The first-order valence-corrected chi connectivity index (χ1v) is 4.83. The lowest BCUT2D eigenvalue weighted by atomic mass is 9.79. The first kappa shape index (κ1) is 9.40. The van der Waals surface area contributed by atoms with Crippen LogP contribution in [-0.2, 0) is 10.3 Å². The fourth-order valence-electron chi connectivity index (χ4n) is 1.81. The summed E-state index contributed by atoms with van der Waals surface area (Å²) >= 11 is 0. The topological polar surface area (TPSA) is 61.0 Å². The van der Waals surface area contributed by atoms with Gasteiger partial charge in [0.2, 0.25) is 0 Å². The number of nitrogens with two attached hydrogens (primary N) is 1. The van der Waals surface area contributed by atoms with E-state index in [0.29, 0.717) is 5.82 Å². The van der Waals surface area contributed by atoms with Gasteiger partial charge in [0, 0.05) is 18.9 Å². The Hall–Kier alpha value is -1.16. The van der Waals surface area contributed by atoms with Crippen LogP contribution in [0.1, 0.15) is 30.8 Å². The number of aromatic nitrogens is 2. The van der Waals surface area contributed by atoms with E-state index in [0.717, 1.165) is 24.4 Å². The van der Waals surface area contributed by atoms with Crippen molar-refractivity contribution in [3.05, 3.63) is 17.6 Å². The summed E-state index contributed by atoms with van der Waals surface area (Å²) in [5, 5.41) is 0. The van der Waals surface area contributed by atoms with E-state index in [2.05, 4.69) is 9.97 Å². The third kappa shape index (κ3) is 1.35. The Morgan fingerprint density at radius 1 is 1.43 bits per heavy atom. The van der Waals surface area contributed by atoms with E-state index in [1.54, 1.807) is 13.2 Å². The van der Waals surface area contributed by atoms with E-state index in [-0.39, 0.29) is 5.60 Å². The molecule has 1 aromatic heterocycles. The molecule has 0 amide bonds. The van der Waals surface area contributed by atoms with E-state index < -0.39 is 0 Å². The summed E-state index contributed by atoms with van der Waals surface area (Å²) in [7, 11) is 1.71. The van der Waals surface area contributed by atoms with Crippen LogP contribution in [-0.4, -0.2) is 17.1 Å². The summed E-state index contributed by atoms with van der Waals surface area (Å²) in [5.41, 5.74) is 6.32. The van der Waals surface area contributed by atoms with Crippen LogP contribution >= 0.6 is 0 Å². The summed E-state index contributed by atoms with van der Waals surface area (Å²) in [6, 6.07) is 1.77. The van der Waals surface area contributed by atoms with E-state index in [9.17, 15) is 0 Å². The molecule has 14 heavy (non-hydrogen) atoms. The zero-order chi connectivity index (χ0) is 10.2. The van der Waals surface area contributed by atoms with Crippen LogP contribution < -0.4 is 5.73 Å². The van der Waals surface area contributed by atoms with Crippen molar-refractivity contribution in [2.24, 2.45) is 0 Å². The number of nitrogens with zero attached hydrogens (tertiary/aromatic N) is 2. The predicted octanol–water partition coefficient (Wildman–Crippen LogP) is 1.39. The Morgan fingerprint density at radius 3 is 2.57 bits per heavy atom. The molecule has 76 valence electrons. The molecule has 0 bridgehead atoms. The van der Waals surface area contributed by atoms with Gasteiger partial charge >= 0.3 is 0 Å². The van der Waals surface area contributed by atoms with Crippen LogP contribution in [0.2, 0.25) is 0 Å². The molecule has 1 fully saturated rings. The number of hydrogen-bond donors (Lipinski definition) is 1. The van der Waals surface area contributed by atoms with Crippen LogP contribution in [0.15, 0.2) is 6.07 Å². The Labute approximate surface area is 83.5 Å². The van der Waals surface area contributed by atoms with Gasteiger partial charge in [-0.2, -0.15) is 0 Å². The molecular weight excluding hydrogens is 178 g/mol. The predicted molar refractivity (Wildman–Crippen MR) is 53.7 cm³/mol. The summed E-state index contributed by atoms with van der Waals surface area (Å²) in [4.78, 5) is 8.62. The molecule has 1 aliphatic carbocycles. The first-order valence-electron chi connectivity index (χ1n) is 4.83. The average Bonchev–Trinajstić information content (AvgIpc) is 2.01. The number of aryl methyl sites for hydroxylation is 1. The largest absolute Gasteiger partial charge is 0.384 e. The number of hydrogen-bond acceptors (Lipinski definition) is 4. The van der Waals surface area contributed by atoms with Gasteiger partial charge in [0.25, 0.3) is 0 Å². The molecule has 4 heteroatoms. The Bertz CT molecular complexity index is 321. The quantitative estimate of drug-likeness (QED) is 0.771. The Kier molecular flexibility index (Phi) is 2.15. The second-order valence-corrected chi connectivity index (χ2v) is 3.81. The molecular formula is C10H15N3O. The highest BCUT2D eigenvalue weighted by molar-refractivity contribution is 5.31. The maximum Gasteiger partial charge on any atom is 0.162 e. The lowest BCUT2D eigenvalue weighted by Gasteiger charge is -2.38. The molecule has 0 atom stereocenters. The van der Waals surface area contributed by atoms with Crippen molar-refractivity contribution in [2.75, 3.05) is 12.8 Å². The molecule has 0 unspecified atom stereocenters. The van der Waals surface area contributed by atoms with Crippen LogP contribution in [0.3, 0.4) is 0 Å². The molecule has 2 rings (SSSR count). The molecule has 0 saturated heterocycles. The molecule has 0 aliphatic heterocycles. The van der Waals surface area contributed by atoms with Gasteiger partial charge in [0.05, 0.1) is 0 Å². The Morgan fingerprint density at radius 2 is 2.14 bits per heavy atom.